The molecule has 6 heteroatoms. The number of nitrogens with zero attached hydrogens (tertiary/aromatic N) is 1. The van der Waals surface area contributed by atoms with Crippen LogP contribution in [0.3, 0.4) is 0 Å². The molecule has 1 atom stereocenters. The number of nitrogens with one attached hydrogen (secondary N) is 1. The normalized spacial score (nSPS) is 19.6. The number of hydrogen-bond donors (Lipinski definition) is 1. The molecule has 1 aliphatic heterocycles. The van der Waals surface area contributed by atoms with E-state index in [-0.39, 0.29) is 6.04 Å². The van der Waals surface area contributed by atoms with Crippen LogP contribution in [0.5, 0.6) is 0 Å². The summed E-state index contributed by atoms with van der Waals surface area (Å²) in [7, 11) is -1.81. The van der Waals surface area contributed by atoms with Crippen LogP contribution >= 0.6 is 0 Å². The Labute approximate surface area is 127 Å². The maximum atomic E-state index is 12.6. The molecular weight excluding hydrogens is 288 g/mol. The van der Waals surface area contributed by atoms with Crippen LogP contribution in [0.15, 0.2) is 29.2 Å². The summed E-state index contributed by atoms with van der Waals surface area (Å²) in [5, 5.41) is 3.31. The van der Waals surface area contributed by atoms with E-state index in [0.29, 0.717) is 24.2 Å². The number of sulfonamides is 1. The molecule has 1 heterocycles. The van der Waals surface area contributed by atoms with E-state index in [0.717, 1.165) is 18.5 Å². The fourth-order valence-electron chi connectivity index (χ4n) is 2.27. The fraction of sp³-hybridized carbons (Fsp3) is 0.600. The van der Waals surface area contributed by atoms with Gasteiger partial charge in [0.25, 0.3) is 0 Å². The summed E-state index contributed by atoms with van der Waals surface area (Å²) in [4.78, 5) is 0.338. The first-order chi connectivity index (χ1) is 9.91. The highest BCUT2D eigenvalue weighted by molar-refractivity contribution is 7.89. The van der Waals surface area contributed by atoms with Gasteiger partial charge in [-0.2, -0.15) is 4.31 Å². The van der Waals surface area contributed by atoms with Crippen molar-refractivity contribution < 1.29 is 13.2 Å². The van der Waals surface area contributed by atoms with Crippen molar-refractivity contribution >= 4 is 10.0 Å². The minimum absolute atomic E-state index is 0.0581. The molecule has 0 aromatic heterocycles. The van der Waals surface area contributed by atoms with Gasteiger partial charge >= 0.3 is 0 Å². The molecule has 1 N–H and O–H groups in total. The lowest BCUT2D eigenvalue weighted by Gasteiger charge is -2.22. The van der Waals surface area contributed by atoms with E-state index in [1.165, 1.54) is 4.31 Å². The molecule has 1 aliphatic rings. The third-order valence-corrected chi connectivity index (χ3v) is 5.66. The van der Waals surface area contributed by atoms with E-state index in [2.05, 4.69) is 19.2 Å². The SMILES string of the molecule is CC(C)NCc1ccc(S(=O)(=O)N(C)C2CCOC2)cc1. The Balaban J connectivity index is 2.09. The first-order valence-corrected chi connectivity index (χ1v) is 8.73. The van der Waals surface area contributed by atoms with E-state index in [1.807, 2.05) is 12.1 Å². The summed E-state index contributed by atoms with van der Waals surface area (Å²) >= 11 is 0. The lowest BCUT2D eigenvalue weighted by molar-refractivity contribution is 0.181. The molecule has 5 nitrogen and oxygen atoms in total. The topological polar surface area (TPSA) is 58.6 Å². The van der Waals surface area contributed by atoms with Gasteiger partial charge in [0.1, 0.15) is 0 Å². The number of ether oxygens (including phenoxy) is 1. The van der Waals surface area contributed by atoms with Crippen molar-refractivity contribution in [2.24, 2.45) is 0 Å². The number of hydrogen-bond acceptors (Lipinski definition) is 4. The number of rotatable bonds is 6. The molecule has 2 rings (SSSR count). The highest BCUT2D eigenvalue weighted by Gasteiger charge is 2.30. The molecule has 0 radical (unpaired) electrons. The zero-order chi connectivity index (χ0) is 15.5. The van der Waals surface area contributed by atoms with Crippen LogP contribution in [0.2, 0.25) is 0 Å². The van der Waals surface area contributed by atoms with Crippen molar-refractivity contribution in [1.29, 1.82) is 0 Å². The van der Waals surface area contributed by atoms with Gasteiger partial charge in [-0.1, -0.05) is 26.0 Å². The molecule has 1 aromatic carbocycles. The van der Waals surface area contributed by atoms with Crippen LogP contribution < -0.4 is 5.32 Å². The molecule has 1 aromatic rings. The van der Waals surface area contributed by atoms with Crippen LogP contribution in [0.4, 0.5) is 0 Å². The Morgan fingerprint density at radius 3 is 2.52 bits per heavy atom. The third-order valence-electron chi connectivity index (χ3n) is 3.73. The molecule has 118 valence electrons. The molecular formula is C15H24N2O3S. The Kier molecular flexibility index (Phi) is 5.37. The van der Waals surface area contributed by atoms with Gasteiger partial charge in [0.15, 0.2) is 0 Å². The Hall–Kier alpha value is -0.950. The zero-order valence-electron chi connectivity index (χ0n) is 12.9. The van der Waals surface area contributed by atoms with Gasteiger partial charge in [-0.15, -0.1) is 0 Å². The Morgan fingerprint density at radius 2 is 2.00 bits per heavy atom. The minimum atomic E-state index is -3.44. The second-order valence-corrected chi connectivity index (χ2v) is 7.72. The minimum Gasteiger partial charge on any atom is -0.380 e. The van der Waals surface area contributed by atoms with E-state index in [9.17, 15) is 8.42 Å². The molecule has 0 aliphatic carbocycles. The van der Waals surface area contributed by atoms with Gasteiger partial charge in [-0.05, 0) is 24.1 Å². The molecule has 1 unspecified atom stereocenters. The van der Waals surface area contributed by atoms with E-state index in [1.54, 1.807) is 19.2 Å². The number of likely N-dealkylation sites (N-methyl/N-ethyl adjacent to an activating group) is 1. The van der Waals surface area contributed by atoms with Crippen molar-refractivity contribution in [2.75, 3.05) is 20.3 Å². The highest BCUT2D eigenvalue weighted by Crippen LogP contribution is 2.21. The first kappa shape index (κ1) is 16.4. The largest absolute Gasteiger partial charge is 0.380 e. The van der Waals surface area contributed by atoms with Crippen LogP contribution in [0.25, 0.3) is 0 Å². The second kappa shape index (κ2) is 6.87. The molecule has 0 amide bonds. The number of benzene rings is 1. The summed E-state index contributed by atoms with van der Waals surface area (Å²) < 4.78 is 31.8. The second-order valence-electron chi connectivity index (χ2n) is 5.72. The molecule has 0 bridgehead atoms. The quantitative estimate of drug-likeness (QED) is 0.867. The lowest BCUT2D eigenvalue weighted by Crippen LogP contribution is -2.37. The first-order valence-electron chi connectivity index (χ1n) is 7.29. The summed E-state index contributed by atoms with van der Waals surface area (Å²) in [6.07, 6.45) is 0.756. The van der Waals surface area contributed by atoms with Gasteiger partial charge in [-0.25, -0.2) is 8.42 Å². The standard InChI is InChI=1S/C15H24N2O3S/c1-12(2)16-10-13-4-6-15(7-5-13)21(18,19)17(3)14-8-9-20-11-14/h4-7,12,14,16H,8-11H2,1-3H3. The van der Waals surface area contributed by atoms with Crippen LogP contribution in [-0.4, -0.2) is 45.1 Å². The van der Waals surface area contributed by atoms with E-state index in [4.69, 9.17) is 4.74 Å². The summed E-state index contributed by atoms with van der Waals surface area (Å²) in [6, 6.07) is 7.43. The molecule has 1 saturated heterocycles. The smallest absolute Gasteiger partial charge is 0.243 e. The van der Waals surface area contributed by atoms with E-state index < -0.39 is 10.0 Å². The van der Waals surface area contributed by atoms with Gasteiger partial charge in [0, 0.05) is 26.2 Å². The van der Waals surface area contributed by atoms with Crippen molar-refractivity contribution in [3.05, 3.63) is 29.8 Å². The van der Waals surface area contributed by atoms with Crippen molar-refractivity contribution in [3.8, 4) is 0 Å². The maximum absolute atomic E-state index is 12.6. The summed E-state index contributed by atoms with van der Waals surface area (Å²) in [6.45, 7) is 6.01. The zero-order valence-corrected chi connectivity index (χ0v) is 13.7. The van der Waals surface area contributed by atoms with Crippen LogP contribution in [0, 0.1) is 0 Å². The predicted molar refractivity (Wildman–Crippen MR) is 82.6 cm³/mol. The Bertz CT molecular complexity index is 549. The van der Waals surface area contributed by atoms with Crippen LogP contribution in [0.1, 0.15) is 25.8 Å². The lowest BCUT2D eigenvalue weighted by atomic mass is 10.2. The van der Waals surface area contributed by atoms with Crippen molar-refractivity contribution in [1.82, 2.24) is 9.62 Å². The maximum Gasteiger partial charge on any atom is 0.243 e. The van der Waals surface area contributed by atoms with Gasteiger partial charge < -0.3 is 10.1 Å². The Morgan fingerprint density at radius 1 is 1.33 bits per heavy atom. The average Bonchev–Trinajstić information content (AvgIpc) is 2.98. The predicted octanol–water partition coefficient (Wildman–Crippen LogP) is 1.59. The van der Waals surface area contributed by atoms with Crippen molar-refractivity contribution in [2.45, 2.75) is 43.8 Å². The van der Waals surface area contributed by atoms with Crippen LogP contribution in [-0.2, 0) is 21.3 Å². The molecule has 21 heavy (non-hydrogen) atoms. The van der Waals surface area contributed by atoms with Gasteiger partial charge in [-0.3, -0.25) is 0 Å². The van der Waals surface area contributed by atoms with Gasteiger partial charge in [0.2, 0.25) is 10.0 Å². The summed E-state index contributed by atoms with van der Waals surface area (Å²) in [5.41, 5.74) is 1.08. The third kappa shape index (κ3) is 4.03. The van der Waals surface area contributed by atoms with E-state index >= 15 is 0 Å². The molecule has 0 saturated carbocycles. The molecule has 1 fully saturated rings. The van der Waals surface area contributed by atoms with Gasteiger partial charge in [0.05, 0.1) is 17.5 Å². The summed E-state index contributed by atoms with van der Waals surface area (Å²) in [5.74, 6) is 0. The highest BCUT2D eigenvalue weighted by atomic mass is 32.2. The fourth-order valence-corrected chi connectivity index (χ4v) is 3.64. The molecule has 0 spiro atoms. The van der Waals surface area contributed by atoms with Crippen molar-refractivity contribution in [3.63, 3.8) is 0 Å². The monoisotopic (exact) mass is 312 g/mol. The average molecular weight is 312 g/mol.